The number of rotatable bonds is 2. The predicted molar refractivity (Wildman–Crippen MR) is 148 cm³/mol. The first-order chi connectivity index (χ1) is 15.9. The molecule has 5 nitrogen and oxygen atoms in total. The van der Waals surface area contributed by atoms with Crippen LogP contribution in [0.3, 0.4) is 0 Å². The lowest BCUT2D eigenvalue weighted by Crippen LogP contribution is -2.18. The molecule has 0 aromatic heterocycles. The maximum atomic E-state index is 11.4. The number of carbonyl (C=O) groups excluding carboxylic acids is 1. The topological polar surface area (TPSA) is 94.8 Å². The highest BCUT2D eigenvalue weighted by atomic mass is 35.5. The van der Waals surface area contributed by atoms with Crippen LogP contribution in [0.4, 0.5) is 0 Å². The van der Waals surface area contributed by atoms with Crippen LogP contribution in [0.25, 0.3) is 0 Å². The van der Waals surface area contributed by atoms with E-state index in [1.165, 1.54) is 0 Å². The van der Waals surface area contributed by atoms with Crippen molar-refractivity contribution in [1.82, 2.24) is 0 Å². The summed E-state index contributed by atoms with van der Waals surface area (Å²) in [5, 5.41) is 29.5. The van der Waals surface area contributed by atoms with Gasteiger partial charge < -0.3 is 15.3 Å². The molecule has 0 bridgehead atoms. The lowest BCUT2D eigenvalue weighted by atomic mass is 9.78. The molecule has 0 radical (unpaired) electrons. The highest BCUT2D eigenvalue weighted by molar-refractivity contribution is 6.67. The number of halogens is 1. The van der Waals surface area contributed by atoms with Gasteiger partial charge in [0, 0.05) is 27.8 Å². The van der Waals surface area contributed by atoms with Crippen LogP contribution in [-0.2, 0) is 21.7 Å². The summed E-state index contributed by atoms with van der Waals surface area (Å²) in [5.41, 5.74) is 2.42. The molecule has 0 spiro atoms. The van der Waals surface area contributed by atoms with Crippen molar-refractivity contribution in [3.63, 3.8) is 0 Å². The molecule has 0 aliphatic carbocycles. The Bertz CT molecular complexity index is 972. The molecule has 2 rings (SSSR count). The first kappa shape index (κ1) is 31.5. The molecular formula is C30H43ClO5. The molecule has 2 aromatic rings. The van der Waals surface area contributed by atoms with Crippen molar-refractivity contribution < 1.29 is 24.9 Å². The number of phenolic OH excluding ortho intramolecular Hbond substituents is 2. The van der Waals surface area contributed by atoms with Crippen molar-refractivity contribution in [2.24, 2.45) is 0 Å². The number of carbonyl (C=O) groups is 2. The molecule has 0 saturated heterocycles. The van der Waals surface area contributed by atoms with E-state index < -0.39 is 11.2 Å². The van der Waals surface area contributed by atoms with Crippen LogP contribution in [-0.4, -0.2) is 26.5 Å². The van der Waals surface area contributed by atoms with Gasteiger partial charge in [-0.05, 0) is 57.5 Å². The minimum Gasteiger partial charge on any atom is -0.507 e. The summed E-state index contributed by atoms with van der Waals surface area (Å²) in [6.07, 6.45) is 0. The number of aromatic carboxylic acids is 1. The van der Waals surface area contributed by atoms with Gasteiger partial charge in [-0.25, -0.2) is 4.79 Å². The van der Waals surface area contributed by atoms with Crippen LogP contribution in [0.5, 0.6) is 11.5 Å². The fourth-order valence-electron chi connectivity index (χ4n) is 3.79. The Balaban J connectivity index is 0.000000360. The van der Waals surface area contributed by atoms with Crippen LogP contribution < -0.4 is 0 Å². The third kappa shape index (κ3) is 7.73. The van der Waals surface area contributed by atoms with Crippen LogP contribution >= 0.6 is 11.6 Å². The van der Waals surface area contributed by atoms with Gasteiger partial charge in [-0.2, -0.15) is 0 Å². The molecule has 0 aliphatic rings. The van der Waals surface area contributed by atoms with E-state index >= 15 is 0 Å². The molecule has 200 valence electrons. The number of carboxylic acid groups (broad SMARTS) is 1. The Hall–Kier alpha value is -2.53. The highest BCUT2D eigenvalue weighted by Crippen LogP contribution is 2.41. The fraction of sp³-hybridized carbons (Fsp3) is 0.533. The lowest BCUT2D eigenvalue weighted by molar-refractivity contribution is 0.0696. The van der Waals surface area contributed by atoms with Crippen molar-refractivity contribution >= 4 is 22.8 Å². The zero-order valence-corrected chi connectivity index (χ0v) is 24.6. The smallest absolute Gasteiger partial charge is 0.335 e. The zero-order valence-electron chi connectivity index (χ0n) is 23.8. The number of benzene rings is 2. The van der Waals surface area contributed by atoms with Crippen molar-refractivity contribution in [2.75, 3.05) is 0 Å². The third-order valence-corrected chi connectivity index (χ3v) is 6.14. The first-order valence-corrected chi connectivity index (χ1v) is 12.5. The molecule has 0 saturated carbocycles. The fourth-order valence-corrected chi connectivity index (χ4v) is 3.90. The molecule has 6 heteroatoms. The summed E-state index contributed by atoms with van der Waals surface area (Å²) in [4.78, 5) is 22.6. The largest absolute Gasteiger partial charge is 0.507 e. The summed E-state index contributed by atoms with van der Waals surface area (Å²) >= 11 is 5.58. The number of hydrogen-bond acceptors (Lipinski definition) is 4. The van der Waals surface area contributed by atoms with E-state index in [4.69, 9.17) is 11.6 Å². The molecule has 0 amide bonds. The molecule has 2 aromatic carbocycles. The molecular weight excluding hydrogens is 476 g/mol. The second kappa shape index (κ2) is 10.5. The Labute approximate surface area is 221 Å². The van der Waals surface area contributed by atoms with E-state index in [2.05, 4.69) is 0 Å². The number of carboxylic acids is 1. The van der Waals surface area contributed by atoms with E-state index in [1.807, 2.05) is 83.1 Å². The summed E-state index contributed by atoms with van der Waals surface area (Å²) < 4.78 is 0. The van der Waals surface area contributed by atoms with Gasteiger partial charge in [0.1, 0.15) is 11.5 Å². The van der Waals surface area contributed by atoms with Gasteiger partial charge in [-0.15, -0.1) is 0 Å². The average Bonchev–Trinajstić information content (AvgIpc) is 2.64. The molecule has 0 fully saturated rings. The van der Waals surface area contributed by atoms with E-state index in [-0.39, 0.29) is 38.7 Å². The van der Waals surface area contributed by atoms with Gasteiger partial charge >= 0.3 is 5.97 Å². The van der Waals surface area contributed by atoms with Gasteiger partial charge in [0.25, 0.3) is 5.24 Å². The van der Waals surface area contributed by atoms with Crippen LogP contribution in [0.1, 0.15) is 126 Å². The molecule has 0 unspecified atom stereocenters. The number of hydrogen-bond donors (Lipinski definition) is 3. The Kier molecular flexibility index (Phi) is 9.14. The first-order valence-electron chi connectivity index (χ1n) is 12.1. The van der Waals surface area contributed by atoms with Crippen molar-refractivity contribution in [1.29, 1.82) is 0 Å². The maximum absolute atomic E-state index is 11.4. The lowest BCUT2D eigenvalue weighted by Gasteiger charge is -2.27. The third-order valence-electron chi connectivity index (χ3n) is 5.93. The van der Waals surface area contributed by atoms with E-state index in [1.54, 1.807) is 24.3 Å². The van der Waals surface area contributed by atoms with E-state index in [9.17, 15) is 24.9 Å². The van der Waals surface area contributed by atoms with Gasteiger partial charge in [-0.3, -0.25) is 4.79 Å². The Morgan fingerprint density at radius 3 is 0.944 bits per heavy atom. The van der Waals surface area contributed by atoms with Gasteiger partial charge in [0.15, 0.2) is 0 Å². The maximum Gasteiger partial charge on any atom is 0.335 e. The molecule has 36 heavy (non-hydrogen) atoms. The quantitative estimate of drug-likeness (QED) is 0.349. The second-order valence-corrected chi connectivity index (χ2v) is 13.8. The SMILES string of the molecule is CC(C)(C)c1cc(C(=O)Cl)cc(C(C)(C)C)c1O.CC(C)(C)c1cc(C(=O)O)cc(C(C)(C)C)c1O. The Morgan fingerprint density at radius 1 is 0.556 bits per heavy atom. The highest BCUT2D eigenvalue weighted by Gasteiger charge is 2.28. The standard InChI is InChI=1S/C15H21ClO2.C15H22O3/c1-14(2,3)10-7-9(13(16)18)8-11(12(10)17)15(4,5)6;1-14(2,3)10-7-9(13(17)18)8-11(12(10)16)15(4,5)6/h7-8,17H,1-6H3;7-8,16H,1-6H3,(H,17,18). The summed E-state index contributed by atoms with van der Waals surface area (Å²) in [7, 11) is 0. The van der Waals surface area contributed by atoms with Gasteiger partial charge in [-0.1, -0.05) is 83.1 Å². The molecule has 0 aliphatic heterocycles. The van der Waals surface area contributed by atoms with Crippen LogP contribution in [0.2, 0.25) is 0 Å². The van der Waals surface area contributed by atoms with E-state index in [0.29, 0.717) is 16.7 Å². The summed E-state index contributed by atoms with van der Waals surface area (Å²) in [6, 6.07) is 6.49. The monoisotopic (exact) mass is 518 g/mol. The molecule has 0 heterocycles. The Morgan fingerprint density at radius 2 is 0.778 bits per heavy atom. The van der Waals surface area contributed by atoms with Crippen molar-refractivity contribution in [3.05, 3.63) is 57.6 Å². The normalized spacial score (nSPS) is 12.6. The molecule has 0 atom stereocenters. The summed E-state index contributed by atoms with van der Waals surface area (Å²) in [5.74, 6) is -0.498. The van der Waals surface area contributed by atoms with Crippen LogP contribution in [0.15, 0.2) is 24.3 Å². The van der Waals surface area contributed by atoms with E-state index in [0.717, 1.165) is 11.1 Å². The second-order valence-electron chi connectivity index (χ2n) is 13.4. The number of aromatic hydroxyl groups is 2. The van der Waals surface area contributed by atoms with Gasteiger partial charge in [0.05, 0.1) is 5.56 Å². The van der Waals surface area contributed by atoms with Crippen molar-refractivity contribution in [3.8, 4) is 11.5 Å². The van der Waals surface area contributed by atoms with Gasteiger partial charge in [0.2, 0.25) is 0 Å². The van der Waals surface area contributed by atoms with Crippen LogP contribution in [0, 0.1) is 0 Å². The number of phenols is 2. The average molecular weight is 519 g/mol. The minimum atomic E-state index is -0.967. The predicted octanol–water partition coefficient (Wildman–Crippen LogP) is 8.05. The van der Waals surface area contributed by atoms with Crippen molar-refractivity contribution in [2.45, 2.75) is 105 Å². The minimum absolute atomic E-state index is 0.208. The molecule has 3 N–H and O–H groups in total. The summed E-state index contributed by atoms with van der Waals surface area (Å²) in [6.45, 7) is 23.7. The zero-order chi connectivity index (χ0) is 28.6.